The molecule has 104 valence electrons. The predicted molar refractivity (Wildman–Crippen MR) is 72.9 cm³/mol. The van der Waals surface area contributed by atoms with Crippen LogP contribution in [0.25, 0.3) is 0 Å². The Morgan fingerprint density at radius 2 is 2.11 bits per heavy atom. The summed E-state index contributed by atoms with van der Waals surface area (Å²) in [6.45, 7) is 4.24. The van der Waals surface area contributed by atoms with Gasteiger partial charge in [0.2, 0.25) is 0 Å². The van der Waals surface area contributed by atoms with Crippen molar-refractivity contribution in [3.05, 3.63) is 0 Å². The zero-order valence-electron chi connectivity index (χ0n) is 11.2. The first kappa shape index (κ1) is 15.1. The van der Waals surface area contributed by atoms with Gasteiger partial charge in [-0.15, -0.1) is 0 Å². The highest BCUT2D eigenvalue weighted by Crippen LogP contribution is 2.39. The molecule has 1 aliphatic carbocycles. The number of urea groups is 1. The maximum absolute atomic E-state index is 11.7. The SMILES string of the molecule is CSC(C)CCNC(=O)NC(C)(C(=O)O)C1CC1. The predicted octanol–water partition coefficient (Wildman–Crippen LogP) is 1.68. The largest absolute Gasteiger partial charge is 0.480 e. The van der Waals surface area contributed by atoms with Gasteiger partial charge in [0, 0.05) is 11.8 Å². The Kier molecular flexibility index (Phi) is 5.31. The number of nitrogens with one attached hydrogen (secondary N) is 2. The number of carbonyl (C=O) groups excluding carboxylic acids is 1. The molecule has 2 amide bonds. The Bertz CT molecular complexity index is 320. The molecule has 0 aromatic carbocycles. The van der Waals surface area contributed by atoms with E-state index >= 15 is 0 Å². The molecule has 0 aromatic rings. The van der Waals surface area contributed by atoms with Crippen molar-refractivity contribution in [1.82, 2.24) is 10.6 Å². The van der Waals surface area contributed by atoms with Gasteiger partial charge in [0.25, 0.3) is 0 Å². The van der Waals surface area contributed by atoms with E-state index in [9.17, 15) is 14.7 Å². The van der Waals surface area contributed by atoms with Gasteiger partial charge < -0.3 is 15.7 Å². The number of hydrogen-bond acceptors (Lipinski definition) is 3. The lowest BCUT2D eigenvalue weighted by atomic mass is 9.96. The molecule has 0 saturated heterocycles. The van der Waals surface area contributed by atoms with E-state index < -0.39 is 11.5 Å². The fourth-order valence-electron chi connectivity index (χ4n) is 1.78. The summed E-state index contributed by atoms with van der Waals surface area (Å²) in [5.74, 6) is -0.900. The molecule has 1 saturated carbocycles. The fourth-order valence-corrected chi connectivity index (χ4v) is 2.13. The maximum Gasteiger partial charge on any atom is 0.329 e. The average Bonchev–Trinajstić information content (AvgIpc) is 3.12. The normalized spacial score (nSPS) is 19.7. The van der Waals surface area contributed by atoms with Crippen LogP contribution in [0.1, 0.15) is 33.1 Å². The zero-order chi connectivity index (χ0) is 13.8. The minimum Gasteiger partial charge on any atom is -0.480 e. The third-order valence-electron chi connectivity index (χ3n) is 3.45. The molecule has 1 fully saturated rings. The number of aliphatic carboxylic acids is 1. The van der Waals surface area contributed by atoms with Gasteiger partial charge in [-0.25, -0.2) is 9.59 Å². The van der Waals surface area contributed by atoms with Crippen LogP contribution in [0.5, 0.6) is 0 Å². The second-order valence-corrected chi connectivity index (χ2v) is 6.27. The molecule has 18 heavy (non-hydrogen) atoms. The van der Waals surface area contributed by atoms with Gasteiger partial charge in [0.1, 0.15) is 5.54 Å². The van der Waals surface area contributed by atoms with Gasteiger partial charge in [-0.05, 0) is 38.4 Å². The minimum absolute atomic E-state index is 0.0610. The minimum atomic E-state index is -1.13. The number of carboxylic acids is 1. The average molecular weight is 274 g/mol. The summed E-state index contributed by atoms with van der Waals surface area (Å²) >= 11 is 1.74. The molecule has 0 bridgehead atoms. The Morgan fingerprint density at radius 3 is 2.56 bits per heavy atom. The molecule has 5 nitrogen and oxygen atoms in total. The summed E-state index contributed by atoms with van der Waals surface area (Å²) in [7, 11) is 0. The van der Waals surface area contributed by atoms with E-state index in [0.717, 1.165) is 19.3 Å². The van der Waals surface area contributed by atoms with Crippen molar-refractivity contribution < 1.29 is 14.7 Å². The van der Waals surface area contributed by atoms with E-state index in [0.29, 0.717) is 11.8 Å². The van der Waals surface area contributed by atoms with E-state index in [1.54, 1.807) is 18.7 Å². The van der Waals surface area contributed by atoms with Crippen LogP contribution >= 0.6 is 11.8 Å². The molecule has 0 aliphatic heterocycles. The Labute approximate surface area is 112 Å². The van der Waals surface area contributed by atoms with Gasteiger partial charge in [-0.3, -0.25) is 0 Å². The molecule has 3 N–H and O–H groups in total. The van der Waals surface area contributed by atoms with Gasteiger partial charge in [-0.1, -0.05) is 6.92 Å². The number of hydrogen-bond donors (Lipinski definition) is 3. The zero-order valence-corrected chi connectivity index (χ0v) is 12.0. The number of amides is 2. The standard InChI is InChI=1S/C12H22N2O3S/c1-8(18-3)6-7-13-11(17)14-12(2,10(15)16)9-4-5-9/h8-9H,4-7H2,1-3H3,(H,15,16)(H2,13,14,17). The first-order valence-electron chi connectivity index (χ1n) is 6.22. The number of carbonyl (C=O) groups is 2. The molecule has 6 heteroatoms. The molecule has 0 heterocycles. The van der Waals surface area contributed by atoms with Crippen LogP contribution in [-0.4, -0.2) is 40.7 Å². The molecular formula is C12H22N2O3S. The highest BCUT2D eigenvalue weighted by molar-refractivity contribution is 7.99. The van der Waals surface area contributed by atoms with Crippen molar-refractivity contribution >= 4 is 23.8 Å². The van der Waals surface area contributed by atoms with Crippen LogP contribution in [0.2, 0.25) is 0 Å². The summed E-state index contributed by atoms with van der Waals surface area (Å²) in [4.78, 5) is 22.9. The molecule has 0 spiro atoms. The van der Waals surface area contributed by atoms with Crippen LogP contribution in [-0.2, 0) is 4.79 Å². The van der Waals surface area contributed by atoms with Gasteiger partial charge in [0.15, 0.2) is 0 Å². The lowest BCUT2D eigenvalue weighted by Gasteiger charge is -2.26. The molecule has 1 rings (SSSR count). The van der Waals surface area contributed by atoms with Crippen LogP contribution < -0.4 is 10.6 Å². The molecule has 0 aromatic heterocycles. The Balaban J connectivity index is 2.36. The monoisotopic (exact) mass is 274 g/mol. The molecule has 0 radical (unpaired) electrons. The van der Waals surface area contributed by atoms with E-state index in [1.165, 1.54) is 0 Å². The Hall–Kier alpha value is -0.910. The first-order chi connectivity index (χ1) is 8.40. The fraction of sp³-hybridized carbons (Fsp3) is 0.833. The van der Waals surface area contributed by atoms with Crippen LogP contribution in [0.4, 0.5) is 4.79 Å². The van der Waals surface area contributed by atoms with Crippen LogP contribution in [0.15, 0.2) is 0 Å². The highest BCUT2D eigenvalue weighted by atomic mass is 32.2. The van der Waals surface area contributed by atoms with Crippen LogP contribution in [0.3, 0.4) is 0 Å². The Morgan fingerprint density at radius 1 is 1.50 bits per heavy atom. The van der Waals surface area contributed by atoms with E-state index in [4.69, 9.17) is 0 Å². The molecule has 2 atom stereocenters. The second-order valence-electron chi connectivity index (χ2n) is 5.00. The lowest BCUT2D eigenvalue weighted by molar-refractivity contribution is -0.144. The number of carboxylic acid groups (broad SMARTS) is 1. The topological polar surface area (TPSA) is 78.4 Å². The van der Waals surface area contributed by atoms with E-state index in [1.807, 2.05) is 6.26 Å². The number of rotatable bonds is 7. The van der Waals surface area contributed by atoms with Gasteiger partial charge in [0.05, 0.1) is 0 Å². The first-order valence-corrected chi connectivity index (χ1v) is 7.51. The van der Waals surface area contributed by atoms with Crippen LogP contribution in [0, 0.1) is 5.92 Å². The molecule has 2 unspecified atom stereocenters. The van der Waals surface area contributed by atoms with Crippen molar-refractivity contribution in [3.63, 3.8) is 0 Å². The molecule has 1 aliphatic rings. The van der Waals surface area contributed by atoms with Crippen molar-refractivity contribution in [2.75, 3.05) is 12.8 Å². The number of thioether (sulfide) groups is 1. The molecular weight excluding hydrogens is 252 g/mol. The van der Waals surface area contributed by atoms with Crippen molar-refractivity contribution in [2.45, 2.75) is 43.9 Å². The summed E-state index contributed by atoms with van der Waals surface area (Å²) < 4.78 is 0. The van der Waals surface area contributed by atoms with Gasteiger partial charge >= 0.3 is 12.0 Å². The maximum atomic E-state index is 11.7. The third-order valence-corrected chi connectivity index (χ3v) is 4.49. The van der Waals surface area contributed by atoms with Crippen molar-refractivity contribution in [1.29, 1.82) is 0 Å². The van der Waals surface area contributed by atoms with Crippen molar-refractivity contribution in [3.8, 4) is 0 Å². The summed E-state index contributed by atoms with van der Waals surface area (Å²) in [6, 6.07) is -0.389. The van der Waals surface area contributed by atoms with Gasteiger partial charge in [-0.2, -0.15) is 11.8 Å². The summed E-state index contributed by atoms with van der Waals surface area (Å²) in [5.41, 5.74) is -1.13. The quantitative estimate of drug-likeness (QED) is 0.660. The lowest BCUT2D eigenvalue weighted by Crippen LogP contribution is -2.56. The second kappa shape index (κ2) is 6.31. The van der Waals surface area contributed by atoms with E-state index in [-0.39, 0.29) is 11.9 Å². The summed E-state index contributed by atoms with van der Waals surface area (Å²) in [6.07, 6.45) is 4.64. The smallest absolute Gasteiger partial charge is 0.329 e. The highest BCUT2D eigenvalue weighted by Gasteiger charge is 2.48. The summed E-state index contributed by atoms with van der Waals surface area (Å²) in [5, 5.41) is 15.0. The third kappa shape index (κ3) is 4.08. The van der Waals surface area contributed by atoms with Crippen molar-refractivity contribution in [2.24, 2.45) is 5.92 Å². The van der Waals surface area contributed by atoms with E-state index in [2.05, 4.69) is 17.6 Å².